The molecule has 5 heteroatoms. The van der Waals surface area contributed by atoms with Crippen LogP contribution in [0.1, 0.15) is 15.9 Å². The van der Waals surface area contributed by atoms with Gasteiger partial charge in [-0.15, -0.1) is 11.8 Å². The average Bonchev–Trinajstić information content (AvgIpc) is 2.64. The van der Waals surface area contributed by atoms with Crippen molar-refractivity contribution in [2.45, 2.75) is 10.6 Å². The summed E-state index contributed by atoms with van der Waals surface area (Å²) in [6.45, 7) is 0. The number of rotatable bonds is 5. The number of carbonyl (C=O) groups is 1. The Morgan fingerprint density at radius 1 is 1.00 bits per heavy atom. The van der Waals surface area contributed by atoms with Gasteiger partial charge in [0, 0.05) is 15.7 Å². The second-order valence-electron chi connectivity index (χ2n) is 5.39. The summed E-state index contributed by atoms with van der Waals surface area (Å²) in [6, 6.07) is 22.0. The first-order chi connectivity index (χ1) is 12.1. The van der Waals surface area contributed by atoms with Gasteiger partial charge in [-0.2, -0.15) is 0 Å². The minimum Gasteiger partial charge on any atom is -0.506 e. The van der Waals surface area contributed by atoms with Gasteiger partial charge in [0.15, 0.2) is 0 Å². The number of aromatic hydroxyl groups is 1. The molecule has 3 rings (SSSR count). The molecule has 0 heterocycles. The highest BCUT2D eigenvalue weighted by Crippen LogP contribution is 2.30. The molecule has 0 saturated carbocycles. The Morgan fingerprint density at radius 3 is 2.52 bits per heavy atom. The minimum absolute atomic E-state index is 0.0211. The van der Waals surface area contributed by atoms with Crippen LogP contribution in [0.2, 0.25) is 5.02 Å². The number of hydrogen-bond donors (Lipinski definition) is 2. The molecule has 1 amide bonds. The number of phenolic OH excluding ortho intramolecular Hbond substituents is 1. The normalized spacial score (nSPS) is 10.4. The molecular weight excluding hydrogens is 354 g/mol. The summed E-state index contributed by atoms with van der Waals surface area (Å²) in [7, 11) is 0. The van der Waals surface area contributed by atoms with Crippen LogP contribution >= 0.6 is 23.4 Å². The fourth-order valence-electron chi connectivity index (χ4n) is 2.31. The minimum atomic E-state index is -0.284. The predicted octanol–water partition coefficient (Wildman–Crippen LogP) is 5.59. The van der Waals surface area contributed by atoms with Crippen LogP contribution in [0, 0.1) is 0 Å². The van der Waals surface area contributed by atoms with Crippen molar-refractivity contribution in [1.29, 1.82) is 0 Å². The van der Waals surface area contributed by atoms with Crippen LogP contribution < -0.4 is 5.32 Å². The lowest BCUT2D eigenvalue weighted by Crippen LogP contribution is -2.13. The van der Waals surface area contributed by atoms with Gasteiger partial charge in [-0.25, -0.2) is 0 Å². The summed E-state index contributed by atoms with van der Waals surface area (Å²) >= 11 is 7.53. The maximum Gasteiger partial charge on any atom is 0.256 e. The first-order valence-electron chi connectivity index (χ1n) is 7.69. The highest BCUT2D eigenvalue weighted by Gasteiger charge is 2.13. The van der Waals surface area contributed by atoms with Crippen molar-refractivity contribution in [2.24, 2.45) is 0 Å². The number of amides is 1. The Kier molecular flexibility index (Phi) is 5.64. The number of hydrogen-bond acceptors (Lipinski definition) is 3. The van der Waals surface area contributed by atoms with E-state index in [1.54, 1.807) is 23.9 Å². The molecule has 0 aliphatic heterocycles. The second-order valence-corrected chi connectivity index (χ2v) is 6.84. The maximum atomic E-state index is 12.6. The quantitative estimate of drug-likeness (QED) is 0.455. The Balaban J connectivity index is 1.77. The lowest BCUT2D eigenvalue weighted by atomic mass is 10.2. The third kappa shape index (κ3) is 4.56. The third-order valence-corrected chi connectivity index (χ3v) is 4.96. The van der Waals surface area contributed by atoms with Crippen LogP contribution in [0.25, 0.3) is 0 Å². The van der Waals surface area contributed by atoms with E-state index < -0.39 is 0 Å². The van der Waals surface area contributed by atoms with Crippen LogP contribution in [0.4, 0.5) is 5.69 Å². The standard InChI is InChI=1S/C20H16ClNO2S/c21-15-10-11-18(23)17(12-15)22-20(24)16-8-4-5-9-19(16)25-13-14-6-2-1-3-7-14/h1-12,23H,13H2,(H,22,24). The fraction of sp³-hybridized carbons (Fsp3) is 0.0500. The molecule has 0 saturated heterocycles. The lowest BCUT2D eigenvalue weighted by molar-refractivity contribution is 0.102. The molecule has 0 aliphatic rings. The fourth-order valence-corrected chi connectivity index (χ4v) is 3.49. The van der Waals surface area contributed by atoms with Gasteiger partial charge < -0.3 is 10.4 Å². The molecule has 0 atom stereocenters. The van der Waals surface area contributed by atoms with Gasteiger partial charge in [-0.1, -0.05) is 54.1 Å². The largest absolute Gasteiger partial charge is 0.506 e. The molecule has 3 aromatic carbocycles. The van der Waals surface area contributed by atoms with Crippen LogP contribution in [0.15, 0.2) is 77.7 Å². The van der Waals surface area contributed by atoms with Gasteiger partial charge in [-0.05, 0) is 35.9 Å². The van der Waals surface area contributed by atoms with Crippen LogP contribution in [-0.2, 0) is 5.75 Å². The lowest BCUT2D eigenvalue weighted by Gasteiger charge is -2.11. The number of thioether (sulfide) groups is 1. The van der Waals surface area contributed by atoms with Gasteiger partial charge >= 0.3 is 0 Å². The van der Waals surface area contributed by atoms with E-state index in [0.29, 0.717) is 16.3 Å². The van der Waals surface area contributed by atoms with Crippen LogP contribution in [-0.4, -0.2) is 11.0 Å². The highest BCUT2D eigenvalue weighted by atomic mass is 35.5. The summed E-state index contributed by atoms with van der Waals surface area (Å²) in [4.78, 5) is 13.5. The number of carbonyl (C=O) groups excluding carboxylic acids is 1. The molecule has 0 unspecified atom stereocenters. The highest BCUT2D eigenvalue weighted by molar-refractivity contribution is 7.98. The van der Waals surface area contributed by atoms with E-state index in [1.807, 2.05) is 36.4 Å². The molecule has 0 bridgehead atoms. The summed E-state index contributed by atoms with van der Waals surface area (Å²) in [5.74, 6) is 0.467. The van der Waals surface area contributed by atoms with E-state index in [1.165, 1.54) is 17.7 Å². The third-order valence-electron chi connectivity index (χ3n) is 3.58. The Morgan fingerprint density at radius 2 is 1.72 bits per heavy atom. The molecule has 0 fully saturated rings. The van der Waals surface area contributed by atoms with Gasteiger partial charge in [0.1, 0.15) is 5.75 Å². The van der Waals surface area contributed by atoms with Crippen molar-refractivity contribution in [3.63, 3.8) is 0 Å². The first kappa shape index (κ1) is 17.4. The van der Waals surface area contributed by atoms with Crippen molar-refractivity contribution in [1.82, 2.24) is 0 Å². The number of benzene rings is 3. The molecule has 0 aliphatic carbocycles. The van der Waals surface area contributed by atoms with E-state index in [2.05, 4.69) is 17.4 Å². The SMILES string of the molecule is O=C(Nc1cc(Cl)ccc1O)c1ccccc1SCc1ccccc1. The molecule has 0 aromatic heterocycles. The topological polar surface area (TPSA) is 49.3 Å². The smallest absolute Gasteiger partial charge is 0.256 e. The maximum absolute atomic E-state index is 12.6. The van der Waals surface area contributed by atoms with Crippen LogP contribution in [0.3, 0.4) is 0 Å². The monoisotopic (exact) mass is 369 g/mol. The first-order valence-corrected chi connectivity index (χ1v) is 9.05. The Hall–Kier alpha value is -2.43. The van der Waals surface area contributed by atoms with E-state index >= 15 is 0 Å². The van der Waals surface area contributed by atoms with Gasteiger partial charge in [0.05, 0.1) is 11.3 Å². The molecule has 0 spiro atoms. The summed E-state index contributed by atoms with van der Waals surface area (Å²) < 4.78 is 0. The zero-order chi connectivity index (χ0) is 17.6. The second kappa shape index (κ2) is 8.10. The number of halogens is 1. The summed E-state index contributed by atoms with van der Waals surface area (Å²) in [6.07, 6.45) is 0. The average molecular weight is 370 g/mol. The summed E-state index contributed by atoms with van der Waals surface area (Å²) in [5.41, 5.74) is 2.04. The molecule has 3 nitrogen and oxygen atoms in total. The number of phenols is 1. The van der Waals surface area contributed by atoms with Crippen molar-refractivity contribution in [3.05, 3.63) is 88.9 Å². The van der Waals surface area contributed by atoms with Gasteiger partial charge in [0.25, 0.3) is 5.91 Å². The molecular formula is C20H16ClNO2S. The molecule has 25 heavy (non-hydrogen) atoms. The molecule has 0 radical (unpaired) electrons. The van der Waals surface area contributed by atoms with Crippen molar-refractivity contribution >= 4 is 35.0 Å². The Labute approximate surface area is 155 Å². The van der Waals surface area contributed by atoms with E-state index in [9.17, 15) is 9.90 Å². The van der Waals surface area contributed by atoms with Crippen LogP contribution in [0.5, 0.6) is 5.75 Å². The van der Waals surface area contributed by atoms with Crippen molar-refractivity contribution in [3.8, 4) is 5.75 Å². The summed E-state index contributed by atoms with van der Waals surface area (Å²) in [5, 5.41) is 13.0. The molecule has 126 valence electrons. The predicted molar refractivity (Wildman–Crippen MR) is 104 cm³/mol. The van der Waals surface area contributed by atoms with E-state index in [0.717, 1.165) is 10.6 Å². The van der Waals surface area contributed by atoms with E-state index in [-0.39, 0.29) is 11.7 Å². The Bertz CT molecular complexity index is 884. The molecule has 2 N–H and O–H groups in total. The van der Waals surface area contributed by atoms with Gasteiger partial charge in [0.2, 0.25) is 0 Å². The van der Waals surface area contributed by atoms with Gasteiger partial charge in [-0.3, -0.25) is 4.79 Å². The van der Waals surface area contributed by atoms with E-state index in [4.69, 9.17) is 11.6 Å². The number of nitrogens with one attached hydrogen (secondary N) is 1. The zero-order valence-corrected chi connectivity index (χ0v) is 14.8. The van der Waals surface area contributed by atoms with Crippen molar-refractivity contribution < 1.29 is 9.90 Å². The zero-order valence-electron chi connectivity index (χ0n) is 13.3. The van der Waals surface area contributed by atoms with Crippen molar-refractivity contribution in [2.75, 3.05) is 5.32 Å². The number of anilines is 1. The molecule has 3 aromatic rings.